The number of sulfonamides is 1. The van der Waals surface area contributed by atoms with Crippen molar-refractivity contribution in [3.05, 3.63) is 12.4 Å². The summed E-state index contributed by atoms with van der Waals surface area (Å²) >= 11 is 0. The average Bonchev–Trinajstić information content (AvgIpc) is 2.89. The van der Waals surface area contributed by atoms with E-state index < -0.39 is 10.0 Å². The summed E-state index contributed by atoms with van der Waals surface area (Å²) in [6, 6.07) is 0.335. The molecule has 2 atom stereocenters. The molecule has 17 heavy (non-hydrogen) atoms. The van der Waals surface area contributed by atoms with Gasteiger partial charge in [-0.05, 0) is 18.9 Å². The Labute approximate surface area is 101 Å². The quantitative estimate of drug-likeness (QED) is 0.767. The lowest BCUT2D eigenvalue weighted by molar-refractivity contribution is 0.448. The van der Waals surface area contributed by atoms with E-state index in [1.165, 1.54) is 10.9 Å². The molecule has 0 bridgehead atoms. The maximum absolute atomic E-state index is 12.3. The first-order chi connectivity index (χ1) is 8.07. The molecular formula is C10H16N4O2S. The van der Waals surface area contributed by atoms with E-state index in [-0.39, 0.29) is 0 Å². The molecule has 0 spiro atoms. The third kappa shape index (κ3) is 1.78. The van der Waals surface area contributed by atoms with Gasteiger partial charge in [0.1, 0.15) is 4.90 Å². The van der Waals surface area contributed by atoms with Crippen molar-refractivity contribution < 1.29 is 8.42 Å². The number of rotatable bonds is 2. The Balaban J connectivity index is 1.85. The van der Waals surface area contributed by atoms with Crippen molar-refractivity contribution in [1.29, 1.82) is 0 Å². The Kier molecular flexibility index (Phi) is 2.49. The molecule has 2 fully saturated rings. The second kappa shape index (κ2) is 3.79. The minimum absolute atomic E-state index is 0.292. The summed E-state index contributed by atoms with van der Waals surface area (Å²) in [6.07, 6.45) is 4.04. The molecule has 0 unspecified atom stereocenters. The van der Waals surface area contributed by atoms with Crippen molar-refractivity contribution in [3.8, 4) is 0 Å². The van der Waals surface area contributed by atoms with E-state index in [1.807, 2.05) is 0 Å². The highest BCUT2D eigenvalue weighted by atomic mass is 32.2. The van der Waals surface area contributed by atoms with E-state index in [2.05, 4.69) is 10.4 Å². The van der Waals surface area contributed by atoms with Crippen LogP contribution < -0.4 is 5.32 Å². The van der Waals surface area contributed by atoms with Crippen LogP contribution in [0.25, 0.3) is 0 Å². The van der Waals surface area contributed by atoms with E-state index >= 15 is 0 Å². The highest BCUT2D eigenvalue weighted by Crippen LogP contribution is 2.28. The van der Waals surface area contributed by atoms with Crippen LogP contribution in [0.4, 0.5) is 0 Å². The van der Waals surface area contributed by atoms with Gasteiger partial charge in [-0.1, -0.05) is 0 Å². The molecule has 7 heteroatoms. The number of nitrogens with one attached hydrogen (secondary N) is 1. The Morgan fingerprint density at radius 3 is 2.94 bits per heavy atom. The molecule has 6 nitrogen and oxygen atoms in total. The van der Waals surface area contributed by atoms with Gasteiger partial charge in [-0.2, -0.15) is 9.40 Å². The minimum atomic E-state index is -3.35. The Bertz CT molecular complexity index is 512. The van der Waals surface area contributed by atoms with E-state index in [1.54, 1.807) is 17.5 Å². The fraction of sp³-hybridized carbons (Fsp3) is 0.700. The highest BCUT2D eigenvalue weighted by Gasteiger charge is 2.41. The lowest BCUT2D eigenvalue weighted by Gasteiger charge is -2.15. The first-order valence-electron chi connectivity index (χ1n) is 5.79. The summed E-state index contributed by atoms with van der Waals surface area (Å²) in [5, 5.41) is 7.27. The minimum Gasteiger partial charge on any atom is -0.312 e. The molecule has 1 N–H and O–H groups in total. The van der Waals surface area contributed by atoms with Crippen molar-refractivity contribution in [2.45, 2.75) is 17.4 Å². The van der Waals surface area contributed by atoms with E-state index in [4.69, 9.17) is 0 Å². The zero-order valence-electron chi connectivity index (χ0n) is 9.70. The number of aryl methyl sites for hydroxylation is 1. The fourth-order valence-corrected chi connectivity index (χ4v) is 4.20. The second-order valence-corrected chi connectivity index (χ2v) is 6.72. The maximum Gasteiger partial charge on any atom is 0.246 e. The topological polar surface area (TPSA) is 67.2 Å². The predicted molar refractivity (Wildman–Crippen MR) is 61.9 cm³/mol. The summed E-state index contributed by atoms with van der Waals surface area (Å²) in [7, 11) is -1.63. The molecule has 1 aromatic heterocycles. The summed E-state index contributed by atoms with van der Waals surface area (Å²) in [5.41, 5.74) is 0. The van der Waals surface area contributed by atoms with Crippen molar-refractivity contribution in [2.75, 3.05) is 19.6 Å². The standard InChI is InChI=1S/C10H16N4O2S/c1-13-6-9(4-12-13)17(15,16)14-5-8-2-3-11-10(8)7-14/h4,6,8,10-11H,2-3,5,7H2,1H3/t8-,10+/m0/s1. The van der Waals surface area contributed by atoms with Gasteiger partial charge in [-0.25, -0.2) is 8.42 Å². The van der Waals surface area contributed by atoms with Crippen LogP contribution in [0.3, 0.4) is 0 Å². The SMILES string of the molecule is Cn1cc(S(=O)(=O)N2C[C@@H]3CCN[C@@H]3C2)cn1. The molecule has 0 aromatic carbocycles. The molecule has 3 rings (SSSR count). The summed E-state index contributed by atoms with van der Waals surface area (Å²) in [4.78, 5) is 0.292. The lowest BCUT2D eigenvalue weighted by Crippen LogP contribution is -2.33. The summed E-state index contributed by atoms with van der Waals surface area (Å²) < 4.78 is 27.7. The molecule has 0 radical (unpaired) electrons. The number of fused-ring (bicyclic) bond motifs is 1. The predicted octanol–water partition coefficient (Wildman–Crippen LogP) is -0.597. The van der Waals surface area contributed by atoms with Gasteiger partial charge in [0.05, 0.1) is 6.20 Å². The van der Waals surface area contributed by atoms with Gasteiger partial charge < -0.3 is 5.32 Å². The Hall–Kier alpha value is -0.920. The highest BCUT2D eigenvalue weighted by molar-refractivity contribution is 7.89. The van der Waals surface area contributed by atoms with Gasteiger partial charge in [0.2, 0.25) is 10.0 Å². The van der Waals surface area contributed by atoms with E-state index in [9.17, 15) is 8.42 Å². The van der Waals surface area contributed by atoms with Gasteiger partial charge in [0, 0.05) is 32.4 Å². The number of hydrogen-bond acceptors (Lipinski definition) is 4. The number of hydrogen-bond donors (Lipinski definition) is 1. The van der Waals surface area contributed by atoms with Crippen LogP contribution >= 0.6 is 0 Å². The first-order valence-corrected chi connectivity index (χ1v) is 7.23. The van der Waals surface area contributed by atoms with Crippen LogP contribution in [0.2, 0.25) is 0 Å². The van der Waals surface area contributed by atoms with E-state index in [0.717, 1.165) is 13.0 Å². The maximum atomic E-state index is 12.3. The van der Waals surface area contributed by atoms with Gasteiger partial charge >= 0.3 is 0 Å². The molecule has 0 aliphatic carbocycles. The average molecular weight is 256 g/mol. The molecule has 3 heterocycles. The summed E-state index contributed by atoms with van der Waals surface area (Å²) in [6.45, 7) is 2.23. The Morgan fingerprint density at radius 2 is 2.29 bits per heavy atom. The molecule has 94 valence electrons. The molecule has 0 saturated carbocycles. The van der Waals surface area contributed by atoms with Gasteiger partial charge in [-0.15, -0.1) is 0 Å². The molecule has 2 saturated heterocycles. The van der Waals surface area contributed by atoms with Gasteiger partial charge in [0.25, 0.3) is 0 Å². The van der Waals surface area contributed by atoms with Gasteiger partial charge in [0.15, 0.2) is 0 Å². The van der Waals surface area contributed by atoms with E-state index in [0.29, 0.717) is 29.9 Å². The summed E-state index contributed by atoms with van der Waals surface area (Å²) in [5.74, 6) is 0.474. The van der Waals surface area contributed by atoms with Crippen molar-refractivity contribution in [1.82, 2.24) is 19.4 Å². The van der Waals surface area contributed by atoms with Crippen molar-refractivity contribution in [3.63, 3.8) is 0 Å². The smallest absolute Gasteiger partial charge is 0.246 e. The molecular weight excluding hydrogens is 240 g/mol. The zero-order chi connectivity index (χ0) is 12.0. The number of aromatic nitrogens is 2. The van der Waals surface area contributed by atoms with Crippen LogP contribution in [0.5, 0.6) is 0 Å². The number of nitrogens with zero attached hydrogens (tertiary/aromatic N) is 3. The molecule has 0 amide bonds. The lowest BCUT2D eigenvalue weighted by atomic mass is 10.1. The zero-order valence-corrected chi connectivity index (χ0v) is 10.5. The largest absolute Gasteiger partial charge is 0.312 e. The third-order valence-electron chi connectivity index (χ3n) is 3.65. The van der Waals surface area contributed by atoms with Crippen molar-refractivity contribution in [2.24, 2.45) is 13.0 Å². The third-order valence-corrected chi connectivity index (χ3v) is 5.43. The second-order valence-electron chi connectivity index (χ2n) is 4.78. The van der Waals surface area contributed by atoms with Crippen LogP contribution in [-0.2, 0) is 17.1 Å². The van der Waals surface area contributed by atoms with Crippen LogP contribution in [0, 0.1) is 5.92 Å². The molecule has 1 aromatic rings. The van der Waals surface area contributed by atoms with Crippen molar-refractivity contribution >= 4 is 10.0 Å². The fourth-order valence-electron chi connectivity index (χ4n) is 2.69. The van der Waals surface area contributed by atoms with Crippen LogP contribution in [-0.4, -0.2) is 48.2 Å². The first kappa shape index (κ1) is 11.2. The van der Waals surface area contributed by atoms with Crippen LogP contribution in [0.1, 0.15) is 6.42 Å². The normalized spacial score (nSPS) is 29.7. The monoisotopic (exact) mass is 256 g/mol. The Morgan fingerprint density at radius 1 is 1.47 bits per heavy atom. The molecule has 2 aliphatic heterocycles. The van der Waals surface area contributed by atoms with Gasteiger partial charge in [-0.3, -0.25) is 4.68 Å². The molecule has 2 aliphatic rings. The van der Waals surface area contributed by atoms with Crippen LogP contribution in [0.15, 0.2) is 17.3 Å².